The van der Waals surface area contributed by atoms with Gasteiger partial charge in [-0.2, -0.15) is 0 Å². The van der Waals surface area contributed by atoms with E-state index in [1.807, 2.05) is 11.3 Å². The van der Waals surface area contributed by atoms with Crippen LogP contribution in [-0.2, 0) is 6.42 Å². The standard InChI is InChI=1S/C19H26O2S2/c1-4-5-6-7-8-14-9-10-22-17(14)18-16-15(11-23-18)20-12-19(2,3)13-21-16/h9-11H,4-8,12-13H2,1-3H3. The second kappa shape index (κ2) is 7.27. The van der Waals surface area contributed by atoms with Gasteiger partial charge in [-0.1, -0.05) is 40.0 Å². The van der Waals surface area contributed by atoms with E-state index in [2.05, 4.69) is 37.6 Å². The molecule has 2 aromatic rings. The van der Waals surface area contributed by atoms with Crippen LogP contribution >= 0.6 is 22.7 Å². The number of unbranched alkanes of at least 4 members (excludes halogenated alkanes) is 3. The van der Waals surface area contributed by atoms with Gasteiger partial charge in [0.15, 0.2) is 11.5 Å². The summed E-state index contributed by atoms with van der Waals surface area (Å²) in [6, 6.07) is 2.28. The maximum Gasteiger partial charge on any atom is 0.180 e. The van der Waals surface area contributed by atoms with Gasteiger partial charge in [-0.3, -0.25) is 0 Å². The van der Waals surface area contributed by atoms with Crippen molar-refractivity contribution >= 4 is 22.7 Å². The monoisotopic (exact) mass is 350 g/mol. The molecule has 0 saturated heterocycles. The predicted molar refractivity (Wildman–Crippen MR) is 100 cm³/mol. The molecular formula is C19H26O2S2. The Morgan fingerprint density at radius 2 is 1.87 bits per heavy atom. The van der Waals surface area contributed by atoms with Crippen molar-refractivity contribution in [1.82, 2.24) is 0 Å². The zero-order valence-corrected chi connectivity index (χ0v) is 15.9. The van der Waals surface area contributed by atoms with Crippen LogP contribution in [0.25, 0.3) is 9.75 Å². The zero-order valence-electron chi connectivity index (χ0n) is 14.3. The van der Waals surface area contributed by atoms with Crippen LogP contribution in [0.5, 0.6) is 11.5 Å². The Kier molecular flexibility index (Phi) is 5.32. The van der Waals surface area contributed by atoms with Crippen LogP contribution in [0.4, 0.5) is 0 Å². The molecule has 0 aliphatic carbocycles. The van der Waals surface area contributed by atoms with Gasteiger partial charge in [0.1, 0.15) is 0 Å². The summed E-state index contributed by atoms with van der Waals surface area (Å²) in [5.74, 6) is 1.87. The lowest BCUT2D eigenvalue weighted by molar-refractivity contribution is 0.140. The molecule has 0 radical (unpaired) electrons. The minimum absolute atomic E-state index is 0.0619. The lowest BCUT2D eigenvalue weighted by Crippen LogP contribution is -2.26. The largest absolute Gasteiger partial charge is 0.488 e. The molecule has 126 valence electrons. The summed E-state index contributed by atoms with van der Waals surface area (Å²) in [7, 11) is 0. The second-order valence-electron chi connectivity index (χ2n) is 7.09. The highest BCUT2D eigenvalue weighted by atomic mass is 32.1. The van der Waals surface area contributed by atoms with E-state index in [9.17, 15) is 0 Å². The molecule has 1 aliphatic rings. The summed E-state index contributed by atoms with van der Waals surface area (Å²) in [5.41, 5.74) is 1.52. The predicted octanol–water partition coefficient (Wildman–Crippen LogP) is 6.40. The van der Waals surface area contributed by atoms with Crippen LogP contribution in [0.15, 0.2) is 16.8 Å². The third kappa shape index (κ3) is 3.92. The van der Waals surface area contributed by atoms with Crippen molar-refractivity contribution in [3.63, 3.8) is 0 Å². The Morgan fingerprint density at radius 1 is 1.04 bits per heavy atom. The zero-order chi connectivity index (χ0) is 16.3. The molecule has 0 amide bonds. The lowest BCUT2D eigenvalue weighted by atomic mass is 9.97. The van der Waals surface area contributed by atoms with Gasteiger partial charge >= 0.3 is 0 Å². The molecule has 4 heteroatoms. The van der Waals surface area contributed by atoms with Crippen LogP contribution in [0.3, 0.4) is 0 Å². The van der Waals surface area contributed by atoms with Crippen molar-refractivity contribution in [2.24, 2.45) is 5.41 Å². The van der Waals surface area contributed by atoms with Gasteiger partial charge in [-0.25, -0.2) is 0 Å². The van der Waals surface area contributed by atoms with E-state index in [4.69, 9.17) is 9.47 Å². The summed E-state index contributed by atoms with van der Waals surface area (Å²) in [5, 5.41) is 4.31. The number of aryl methyl sites for hydroxylation is 1. The normalized spacial score (nSPS) is 16.3. The molecule has 0 N–H and O–H groups in total. The van der Waals surface area contributed by atoms with Gasteiger partial charge in [0.2, 0.25) is 0 Å². The molecule has 3 rings (SSSR count). The Morgan fingerprint density at radius 3 is 2.70 bits per heavy atom. The van der Waals surface area contributed by atoms with Gasteiger partial charge in [0.05, 0.1) is 23.0 Å². The topological polar surface area (TPSA) is 18.5 Å². The van der Waals surface area contributed by atoms with Crippen LogP contribution in [0.1, 0.15) is 52.0 Å². The third-order valence-electron chi connectivity index (χ3n) is 4.19. The molecular weight excluding hydrogens is 324 g/mol. The Hall–Kier alpha value is -1.00. The quantitative estimate of drug-likeness (QED) is 0.561. The third-order valence-corrected chi connectivity index (χ3v) is 6.25. The SMILES string of the molecule is CCCCCCc1ccsc1-c1scc2c1OCC(C)(C)CO2. The van der Waals surface area contributed by atoms with E-state index in [1.165, 1.54) is 41.0 Å². The molecule has 0 fully saturated rings. The van der Waals surface area contributed by atoms with Gasteiger partial charge in [0, 0.05) is 10.8 Å². The molecule has 1 aliphatic heterocycles. The molecule has 0 aromatic carbocycles. The van der Waals surface area contributed by atoms with E-state index >= 15 is 0 Å². The van der Waals surface area contributed by atoms with Crippen LogP contribution in [-0.4, -0.2) is 13.2 Å². The molecule has 0 spiro atoms. The highest BCUT2D eigenvalue weighted by molar-refractivity contribution is 7.21. The molecule has 0 atom stereocenters. The van der Waals surface area contributed by atoms with E-state index in [-0.39, 0.29) is 5.41 Å². The Balaban J connectivity index is 1.79. The number of thiophene rings is 2. The van der Waals surface area contributed by atoms with Crippen LogP contribution < -0.4 is 9.47 Å². The number of rotatable bonds is 6. The summed E-state index contributed by atoms with van der Waals surface area (Å²) in [6.45, 7) is 8.06. The molecule has 23 heavy (non-hydrogen) atoms. The average Bonchev–Trinajstić information content (AvgIpc) is 3.10. The smallest absolute Gasteiger partial charge is 0.180 e. The molecule has 0 saturated carbocycles. The fourth-order valence-electron chi connectivity index (χ4n) is 2.78. The number of fused-ring (bicyclic) bond motifs is 1. The first-order chi connectivity index (χ1) is 11.1. The van der Waals surface area contributed by atoms with Crippen LogP contribution in [0, 0.1) is 5.41 Å². The summed E-state index contributed by atoms with van der Waals surface area (Å²) in [6.07, 6.45) is 6.38. The summed E-state index contributed by atoms with van der Waals surface area (Å²) < 4.78 is 12.1. The van der Waals surface area contributed by atoms with Crippen LogP contribution in [0.2, 0.25) is 0 Å². The molecule has 0 unspecified atom stereocenters. The Bertz CT molecular complexity index is 640. The van der Waals surface area contributed by atoms with Crippen molar-refractivity contribution < 1.29 is 9.47 Å². The molecule has 2 aromatic heterocycles. The van der Waals surface area contributed by atoms with Gasteiger partial charge in [-0.05, 0) is 29.9 Å². The summed E-state index contributed by atoms with van der Waals surface area (Å²) in [4.78, 5) is 2.62. The van der Waals surface area contributed by atoms with E-state index in [0.29, 0.717) is 13.2 Å². The van der Waals surface area contributed by atoms with Gasteiger partial charge in [-0.15, -0.1) is 22.7 Å². The van der Waals surface area contributed by atoms with E-state index < -0.39 is 0 Å². The minimum atomic E-state index is 0.0619. The first-order valence-corrected chi connectivity index (χ1v) is 10.3. The van der Waals surface area contributed by atoms with Gasteiger partial charge in [0.25, 0.3) is 0 Å². The number of hydrogen-bond donors (Lipinski definition) is 0. The minimum Gasteiger partial charge on any atom is -0.488 e. The van der Waals surface area contributed by atoms with Crippen molar-refractivity contribution in [3.8, 4) is 21.3 Å². The maximum atomic E-state index is 6.15. The molecule has 2 nitrogen and oxygen atoms in total. The highest BCUT2D eigenvalue weighted by Crippen LogP contribution is 2.49. The first-order valence-electron chi connectivity index (χ1n) is 8.54. The van der Waals surface area contributed by atoms with E-state index in [1.54, 1.807) is 11.3 Å². The summed E-state index contributed by atoms with van der Waals surface area (Å²) >= 11 is 3.58. The first kappa shape index (κ1) is 16.8. The van der Waals surface area contributed by atoms with E-state index in [0.717, 1.165) is 17.9 Å². The maximum absolute atomic E-state index is 6.15. The van der Waals surface area contributed by atoms with Crippen molar-refractivity contribution in [1.29, 1.82) is 0 Å². The number of ether oxygens (including phenoxy) is 2. The molecule has 3 heterocycles. The number of hydrogen-bond acceptors (Lipinski definition) is 4. The lowest BCUT2D eigenvalue weighted by Gasteiger charge is -2.20. The second-order valence-corrected chi connectivity index (χ2v) is 8.88. The van der Waals surface area contributed by atoms with Crippen molar-refractivity contribution in [3.05, 3.63) is 22.4 Å². The fourth-order valence-corrected chi connectivity index (χ4v) is 4.86. The van der Waals surface area contributed by atoms with Crippen molar-refractivity contribution in [2.45, 2.75) is 52.9 Å². The fraction of sp³-hybridized carbons (Fsp3) is 0.579. The average molecular weight is 351 g/mol. The van der Waals surface area contributed by atoms with Gasteiger partial charge < -0.3 is 9.47 Å². The highest BCUT2D eigenvalue weighted by Gasteiger charge is 2.29. The van der Waals surface area contributed by atoms with Crippen molar-refractivity contribution in [2.75, 3.05) is 13.2 Å². The molecule has 0 bridgehead atoms. The Labute approximate surface area is 147 Å².